The van der Waals surface area contributed by atoms with Crippen LogP contribution < -0.4 is 5.32 Å². The zero-order valence-electron chi connectivity index (χ0n) is 8.71. The molecule has 2 aromatic rings. The minimum absolute atomic E-state index is 0.266. The number of carbonyl (C=O) groups is 1. The summed E-state index contributed by atoms with van der Waals surface area (Å²) in [6.45, 7) is 0. The highest BCUT2D eigenvalue weighted by Crippen LogP contribution is 2.18. The molecule has 0 aliphatic carbocycles. The average molecular weight is 310 g/mol. The van der Waals surface area contributed by atoms with Gasteiger partial charge in [-0.05, 0) is 36.4 Å². The number of hydrogen-bond acceptors (Lipinski definition) is 1. The van der Waals surface area contributed by atoms with Crippen molar-refractivity contribution in [1.82, 2.24) is 0 Å². The van der Waals surface area contributed by atoms with Crippen LogP contribution >= 0.6 is 27.5 Å². The Labute approximate surface area is 113 Å². The molecule has 2 aromatic carbocycles. The second kappa shape index (κ2) is 5.34. The van der Waals surface area contributed by atoms with Crippen LogP contribution in [0.15, 0.2) is 46.9 Å². The molecular weight excluding hydrogens is 302 g/mol. The Kier molecular flexibility index (Phi) is 3.82. The number of amides is 1. The zero-order chi connectivity index (χ0) is 12.3. The van der Waals surface area contributed by atoms with E-state index >= 15 is 0 Å². The maximum absolute atomic E-state index is 11.9. The van der Waals surface area contributed by atoms with Crippen molar-refractivity contribution in [2.75, 3.05) is 5.32 Å². The quantitative estimate of drug-likeness (QED) is 0.887. The smallest absolute Gasteiger partial charge is 0.257 e. The van der Waals surface area contributed by atoms with Crippen molar-refractivity contribution in [2.45, 2.75) is 0 Å². The Morgan fingerprint density at radius 3 is 2.59 bits per heavy atom. The van der Waals surface area contributed by atoms with Crippen LogP contribution in [0, 0.1) is 6.07 Å². The number of hydrogen-bond donors (Lipinski definition) is 1. The fourth-order valence-electron chi connectivity index (χ4n) is 1.32. The summed E-state index contributed by atoms with van der Waals surface area (Å²) in [5.41, 5.74) is 1.06. The van der Waals surface area contributed by atoms with E-state index in [1.165, 1.54) is 0 Å². The molecule has 0 fully saturated rings. The predicted molar refractivity (Wildman–Crippen MR) is 72.4 cm³/mol. The van der Waals surface area contributed by atoms with Crippen LogP contribution in [0.5, 0.6) is 0 Å². The highest BCUT2D eigenvalue weighted by molar-refractivity contribution is 9.10. The van der Waals surface area contributed by atoms with Crippen molar-refractivity contribution >= 4 is 39.1 Å². The van der Waals surface area contributed by atoms with Crippen LogP contribution in [0.3, 0.4) is 0 Å². The van der Waals surface area contributed by atoms with E-state index in [1.807, 2.05) is 12.1 Å². The van der Waals surface area contributed by atoms with Gasteiger partial charge in [-0.25, -0.2) is 0 Å². The van der Waals surface area contributed by atoms with Crippen molar-refractivity contribution in [3.63, 3.8) is 0 Å². The molecule has 0 aliphatic rings. The molecule has 1 radical (unpaired) electrons. The third-order valence-electron chi connectivity index (χ3n) is 2.13. The van der Waals surface area contributed by atoms with Crippen LogP contribution in [0.2, 0.25) is 5.02 Å². The largest absolute Gasteiger partial charge is 0.322 e. The SMILES string of the molecule is O=C(Nc1ccc(Br)cc1)c1[c]cccc1Cl. The molecule has 0 aromatic heterocycles. The third-order valence-corrected chi connectivity index (χ3v) is 2.98. The Morgan fingerprint density at radius 1 is 1.24 bits per heavy atom. The van der Waals surface area contributed by atoms with Gasteiger partial charge in [0.05, 0.1) is 10.6 Å². The molecule has 0 saturated carbocycles. The Balaban J connectivity index is 2.17. The molecule has 1 amide bonds. The van der Waals surface area contributed by atoms with Gasteiger partial charge >= 0.3 is 0 Å². The van der Waals surface area contributed by atoms with Gasteiger partial charge in [-0.3, -0.25) is 4.79 Å². The van der Waals surface area contributed by atoms with E-state index in [0.717, 1.165) is 4.47 Å². The van der Waals surface area contributed by atoms with Gasteiger partial charge in [0.15, 0.2) is 0 Å². The first-order valence-corrected chi connectivity index (χ1v) is 6.07. The zero-order valence-corrected chi connectivity index (χ0v) is 11.0. The van der Waals surface area contributed by atoms with Gasteiger partial charge in [0, 0.05) is 10.2 Å². The normalized spacial score (nSPS) is 10.0. The summed E-state index contributed by atoms with van der Waals surface area (Å²) in [7, 11) is 0. The Morgan fingerprint density at radius 2 is 1.94 bits per heavy atom. The molecule has 2 nitrogen and oxygen atoms in total. The topological polar surface area (TPSA) is 29.1 Å². The molecule has 0 atom stereocenters. The van der Waals surface area contributed by atoms with Crippen molar-refractivity contribution in [3.05, 3.63) is 63.6 Å². The van der Waals surface area contributed by atoms with E-state index in [2.05, 4.69) is 27.3 Å². The number of halogens is 2. The van der Waals surface area contributed by atoms with Crippen molar-refractivity contribution in [3.8, 4) is 0 Å². The Bertz CT molecular complexity index is 539. The van der Waals surface area contributed by atoms with Crippen molar-refractivity contribution in [2.24, 2.45) is 0 Å². The van der Waals surface area contributed by atoms with E-state index < -0.39 is 0 Å². The summed E-state index contributed by atoms with van der Waals surface area (Å²) in [5, 5.41) is 3.14. The molecule has 85 valence electrons. The second-order valence-corrected chi connectivity index (χ2v) is 4.68. The predicted octanol–water partition coefficient (Wildman–Crippen LogP) is 4.15. The number of benzene rings is 2. The lowest BCUT2D eigenvalue weighted by molar-refractivity contribution is 0.102. The molecule has 2 rings (SSSR count). The van der Waals surface area contributed by atoms with E-state index in [9.17, 15) is 4.79 Å². The van der Waals surface area contributed by atoms with Crippen LogP contribution in [0.25, 0.3) is 0 Å². The monoisotopic (exact) mass is 308 g/mol. The summed E-state index contributed by atoms with van der Waals surface area (Å²) >= 11 is 9.24. The molecule has 0 spiro atoms. The first-order chi connectivity index (χ1) is 8.16. The molecule has 0 saturated heterocycles. The second-order valence-electron chi connectivity index (χ2n) is 3.35. The lowest BCUT2D eigenvalue weighted by Crippen LogP contribution is -2.12. The van der Waals surface area contributed by atoms with Gasteiger partial charge in [0.1, 0.15) is 0 Å². The van der Waals surface area contributed by atoms with E-state index in [4.69, 9.17) is 11.6 Å². The van der Waals surface area contributed by atoms with Gasteiger partial charge in [-0.15, -0.1) is 0 Å². The molecule has 4 heteroatoms. The van der Waals surface area contributed by atoms with Gasteiger partial charge in [0.2, 0.25) is 0 Å². The number of anilines is 1. The van der Waals surface area contributed by atoms with Crippen LogP contribution in [0.4, 0.5) is 5.69 Å². The number of carbonyl (C=O) groups excluding carboxylic acids is 1. The minimum Gasteiger partial charge on any atom is -0.322 e. The summed E-state index contributed by atoms with van der Waals surface area (Å²) in [5.74, 6) is -0.266. The molecule has 17 heavy (non-hydrogen) atoms. The molecule has 1 N–H and O–H groups in total. The maximum Gasteiger partial charge on any atom is 0.257 e. The van der Waals surface area contributed by atoms with Crippen LogP contribution in [-0.4, -0.2) is 5.91 Å². The van der Waals surface area contributed by atoms with Gasteiger partial charge in [-0.1, -0.05) is 39.7 Å². The molecule has 0 heterocycles. The standard InChI is InChI=1S/C13H8BrClNO/c14-9-5-7-10(8-6-9)16-13(17)11-3-1-2-4-12(11)15/h1-2,4-8H,(H,16,17). The summed E-state index contributed by atoms with van der Waals surface area (Å²) in [4.78, 5) is 11.9. The third kappa shape index (κ3) is 3.08. The lowest BCUT2D eigenvalue weighted by atomic mass is 10.2. The van der Waals surface area contributed by atoms with Crippen LogP contribution in [-0.2, 0) is 0 Å². The lowest BCUT2D eigenvalue weighted by Gasteiger charge is -2.06. The molecular formula is C13H8BrClNO. The molecule has 0 aliphatic heterocycles. The van der Waals surface area contributed by atoms with Crippen LogP contribution in [0.1, 0.15) is 10.4 Å². The molecule has 0 bridgehead atoms. The Hall–Kier alpha value is -1.32. The van der Waals surface area contributed by atoms with E-state index in [-0.39, 0.29) is 5.91 Å². The van der Waals surface area contributed by atoms with Gasteiger partial charge < -0.3 is 5.32 Å². The summed E-state index contributed by atoms with van der Waals surface area (Å²) in [6.07, 6.45) is 0. The van der Waals surface area contributed by atoms with Crippen molar-refractivity contribution in [1.29, 1.82) is 0 Å². The molecule has 0 unspecified atom stereocenters. The average Bonchev–Trinajstić information content (AvgIpc) is 2.32. The highest BCUT2D eigenvalue weighted by atomic mass is 79.9. The summed E-state index contributed by atoms with van der Waals surface area (Å²) in [6, 6.07) is 15.2. The van der Waals surface area contributed by atoms with E-state index in [0.29, 0.717) is 16.3 Å². The summed E-state index contributed by atoms with van der Waals surface area (Å²) < 4.78 is 0.958. The minimum atomic E-state index is -0.266. The number of rotatable bonds is 2. The fourth-order valence-corrected chi connectivity index (χ4v) is 1.79. The first-order valence-electron chi connectivity index (χ1n) is 4.90. The van der Waals surface area contributed by atoms with Gasteiger partial charge in [0.25, 0.3) is 5.91 Å². The number of nitrogens with one attached hydrogen (secondary N) is 1. The van der Waals surface area contributed by atoms with Crippen molar-refractivity contribution < 1.29 is 4.79 Å². The van der Waals surface area contributed by atoms with E-state index in [1.54, 1.807) is 30.3 Å². The highest BCUT2D eigenvalue weighted by Gasteiger charge is 2.09. The maximum atomic E-state index is 11.9. The van der Waals surface area contributed by atoms with Gasteiger partial charge in [-0.2, -0.15) is 0 Å². The first kappa shape index (κ1) is 12.1. The fraction of sp³-hybridized carbons (Fsp3) is 0.